The van der Waals surface area contributed by atoms with Gasteiger partial charge in [0.2, 0.25) is 15.9 Å². The number of carbonyl (C=O) groups is 1. The molecule has 0 aliphatic rings. The van der Waals surface area contributed by atoms with E-state index in [9.17, 15) is 17.6 Å². The molecule has 0 saturated heterocycles. The Bertz CT molecular complexity index is 1360. The SMILES string of the molecule is O=C(NCc1ccc(F)cc1)C(Cc1ccccc1)NS(=O)(=O)c1cccc2cccnc12. The Kier molecular flexibility index (Phi) is 6.76. The molecule has 1 heterocycles. The molecule has 33 heavy (non-hydrogen) atoms. The molecule has 2 N–H and O–H groups in total. The van der Waals surface area contributed by atoms with Gasteiger partial charge in [-0.15, -0.1) is 0 Å². The Balaban J connectivity index is 1.59. The van der Waals surface area contributed by atoms with Crippen molar-refractivity contribution in [1.82, 2.24) is 15.0 Å². The molecule has 3 aromatic carbocycles. The minimum Gasteiger partial charge on any atom is -0.351 e. The van der Waals surface area contributed by atoms with Gasteiger partial charge in [0.15, 0.2) is 0 Å². The van der Waals surface area contributed by atoms with Crippen molar-refractivity contribution in [3.8, 4) is 0 Å². The molecule has 1 amide bonds. The van der Waals surface area contributed by atoms with Crippen molar-refractivity contribution in [2.24, 2.45) is 0 Å². The lowest BCUT2D eigenvalue weighted by Gasteiger charge is -2.19. The number of halogens is 1. The van der Waals surface area contributed by atoms with Crippen molar-refractivity contribution < 1.29 is 17.6 Å². The largest absolute Gasteiger partial charge is 0.351 e. The molecule has 1 aromatic heterocycles. The number of sulfonamides is 1. The first-order valence-corrected chi connectivity index (χ1v) is 11.8. The van der Waals surface area contributed by atoms with Crippen molar-refractivity contribution in [2.75, 3.05) is 0 Å². The van der Waals surface area contributed by atoms with E-state index in [1.165, 1.54) is 24.4 Å². The van der Waals surface area contributed by atoms with E-state index in [0.717, 1.165) is 5.56 Å². The van der Waals surface area contributed by atoms with Crippen LogP contribution in [0.1, 0.15) is 11.1 Å². The predicted octanol–water partition coefficient (Wildman–Crippen LogP) is 3.58. The summed E-state index contributed by atoms with van der Waals surface area (Å²) in [5.41, 5.74) is 1.83. The molecular formula is C25H22FN3O3S. The maximum atomic E-state index is 13.3. The molecule has 168 valence electrons. The Hall–Kier alpha value is -3.62. The first kappa shape index (κ1) is 22.6. The summed E-state index contributed by atoms with van der Waals surface area (Å²) >= 11 is 0. The highest BCUT2D eigenvalue weighted by Gasteiger charge is 2.27. The van der Waals surface area contributed by atoms with E-state index in [4.69, 9.17) is 0 Å². The Morgan fingerprint density at radius 2 is 1.61 bits per heavy atom. The number of nitrogens with one attached hydrogen (secondary N) is 2. The van der Waals surface area contributed by atoms with Crippen LogP contribution in [0.5, 0.6) is 0 Å². The normalized spacial score (nSPS) is 12.4. The zero-order chi connectivity index (χ0) is 23.3. The second-order valence-corrected chi connectivity index (χ2v) is 9.22. The number of aromatic nitrogens is 1. The van der Waals surface area contributed by atoms with Crippen molar-refractivity contribution in [1.29, 1.82) is 0 Å². The first-order chi connectivity index (χ1) is 15.9. The lowest BCUT2D eigenvalue weighted by atomic mass is 10.1. The van der Waals surface area contributed by atoms with Crippen LogP contribution in [0, 0.1) is 5.82 Å². The van der Waals surface area contributed by atoms with Gasteiger partial charge in [0.1, 0.15) is 16.8 Å². The first-order valence-electron chi connectivity index (χ1n) is 10.3. The number of para-hydroxylation sites is 1. The van der Waals surface area contributed by atoms with Gasteiger partial charge >= 0.3 is 0 Å². The van der Waals surface area contributed by atoms with Crippen LogP contribution >= 0.6 is 0 Å². The van der Waals surface area contributed by atoms with Crippen LogP contribution in [0.15, 0.2) is 96.0 Å². The summed E-state index contributed by atoms with van der Waals surface area (Å²) < 4.78 is 42.3. The quantitative estimate of drug-likeness (QED) is 0.418. The number of amides is 1. The summed E-state index contributed by atoms with van der Waals surface area (Å²) in [5, 5.41) is 3.43. The molecule has 4 rings (SSSR count). The van der Waals surface area contributed by atoms with Crippen molar-refractivity contribution in [2.45, 2.75) is 23.9 Å². The van der Waals surface area contributed by atoms with Gasteiger partial charge in [0.05, 0.1) is 5.52 Å². The highest BCUT2D eigenvalue weighted by Crippen LogP contribution is 2.21. The lowest BCUT2D eigenvalue weighted by Crippen LogP contribution is -2.47. The smallest absolute Gasteiger partial charge is 0.243 e. The number of fused-ring (bicyclic) bond motifs is 1. The molecular weight excluding hydrogens is 441 g/mol. The highest BCUT2D eigenvalue weighted by atomic mass is 32.2. The van der Waals surface area contributed by atoms with Gasteiger partial charge in [0.25, 0.3) is 0 Å². The second kappa shape index (κ2) is 9.89. The molecule has 4 aromatic rings. The molecule has 6 nitrogen and oxygen atoms in total. The van der Waals surface area contributed by atoms with Crippen LogP contribution in [-0.4, -0.2) is 25.4 Å². The summed E-state index contributed by atoms with van der Waals surface area (Å²) in [7, 11) is -4.06. The van der Waals surface area contributed by atoms with Gasteiger partial charge < -0.3 is 5.32 Å². The number of pyridine rings is 1. The second-order valence-electron chi connectivity index (χ2n) is 7.54. The molecule has 0 bridgehead atoms. The molecule has 0 aliphatic heterocycles. The van der Waals surface area contributed by atoms with E-state index in [1.54, 1.807) is 36.4 Å². The molecule has 0 aliphatic carbocycles. The predicted molar refractivity (Wildman–Crippen MR) is 124 cm³/mol. The number of benzene rings is 3. The molecule has 0 spiro atoms. The fourth-order valence-electron chi connectivity index (χ4n) is 3.50. The minimum atomic E-state index is -4.06. The molecule has 0 fully saturated rings. The topological polar surface area (TPSA) is 88.2 Å². The molecule has 1 unspecified atom stereocenters. The number of hydrogen-bond donors (Lipinski definition) is 2. The van der Waals surface area contributed by atoms with Crippen LogP contribution in [0.2, 0.25) is 0 Å². The van der Waals surface area contributed by atoms with E-state index < -0.39 is 22.0 Å². The fourth-order valence-corrected chi connectivity index (χ4v) is 4.87. The zero-order valence-electron chi connectivity index (χ0n) is 17.6. The van der Waals surface area contributed by atoms with Crippen LogP contribution in [0.25, 0.3) is 10.9 Å². The highest BCUT2D eigenvalue weighted by molar-refractivity contribution is 7.89. The van der Waals surface area contributed by atoms with E-state index in [2.05, 4.69) is 15.0 Å². The molecule has 1 atom stereocenters. The van der Waals surface area contributed by atoms with Crippen LogP contribution in [0.3, 0.4) is 0 Å². The Morgan fingerprint density at radius 3 is 2.36 bits per heavy atom. The molecule has 0 saturated carbocycles. The van der Waals surface area contributed by atoms with Gasteiger partial charge in [0, 0.05) is 18.1 Å². The van der Waals surface area contributed by atoms with Crippen molar-refractivity contribution in [3.05, 3.63) is 108 Å². The van der Waals surface area contributed by atoms with Crippen LogP contribution < -0.4 is 10.0 Å². The number of nitrogens with zero attached hydrogens (tertiary/aromatic N) is 1. The zero-order valence-corrected chi connectivity index (χ0v) is 18.4. The average molecular weight is 464 g/mol. The van der Waals surface area contributed by atoms with Crippen molar-refractivity contribution in [3.63, 3.8) is 0 Å². The maximum absolute atomic E-state index is 13.3. The number of rotatable bonds is 8. The van der Waals surface area contributed by atoms with Gasteiger partial charge in [-0.05, 0) is 41.8 Å². The number of carbonyl (C=O) groups excluding carboxylic acids is 1. The summed E-state index contributed by atoms with van der Waals surface area (Å²) in [6.45, 7) is 0.141. The fraction of sp³-hybridized carbons (Fsp3) is 0.120. The third kappa shape index (κ3) is 5.60. The standard InChI is InChI=1S/C25H22FN3O3S/c26-21-13-11-19(12-14-21)17-28-25(30)22(16-18-6-2-1-3-7-18)29-33(31,32)23-10-4-8-20-9-5-15-27-24(20)23/h1-15,22,29H,16-17H2,(H,28,30). The number of hydrogen-bond acceptors (Lipinski definition) is 4. The summed E-state index contributed by atoms with van der Waals surface area (Å²) in [6.07, 6.45) is 1.69. The minimum absolute atomic E-state index is 0.00463. The maximum Gasteiger partial charge on any atom is 0.243 e. The Morgan fingerprint density at radius 1 is 0.879 bits per heavy atom. The third-order valence-corrected chi connectivity index (χ3v) is 6.67. The van der Waals surface area contributed by atoms with E-state index >= 15 is 0 Å². The van der Waals surface area contributed by atoms with Crippen LogP contribution in [0.4, 0.5) is 4.39 Å². The summed E-state index contributed by atoms with van der Waals surface area (Å²) in [4.78, 5) is 17.3. The van der Waals surface area contributed by atoms with Gasteiger partial charge in [-0.1, -0.05) is 60.7 Å². The van der Waals surface area contributed by atoms with Gasteiger partial charge in [-0.3, -0.25) is 9.78 Å². The third-order valence-electron chi connectivity index (χ3n) is 5.16. The average Bonchev–Trinajstić information content (AvgIpc) is 2.83. The Labute approximate surface area is 191 Å². The van der Waals surface area contributed by atoms with Crippen molar-refractivity contribution >= 4 is 26.8 Å². The van der Waals surface area contributed by atoms with Gasteiger partial charge in [-0.2, -0.15) is 4.72 Å². The van der Waals surface area contributed by atoms with E-state index in [-0.39, 0.29) is 23.7 Å². The lowest BCUT2D eigenvalue weighted by molar-refractivity contribution is -0.122. The summed E-state index contributed by atoms with van der Waals surface area (Å²) in [5.74, 6) is -0.858. The summed E-state index contributed by atoms with van der Waals surface area (Å²) in [6, 6.07) is 22.2. The molecule has 0 radical (unpaired) electrons. The van der Waals surface area contributed by atoms with E-state index in [0.29, 0.717) is 16.5 Å². The van der Waals surface area contributed by atoms with Gasteiger partial charge in [-0.25, -0.2) is 12.8 Å². The van der Waals surface area contributed by atoms with Crippen LogP contribution in [-0.2, 0) is 27.8 Å². The molecule has 8 heteroatoms. The monoisotopic (exact) mass is 463 g/mol. The van der Waals surface area contributed by atoms with E-state index in [1.807, 2.05) is 30.3 Å².